The van der Waals surface area contributed by atoms with Crippen LogP contribution in [-0.2, 0) is 22.4 Å². The van der Waals surface area contributed by atoms with Crippen LogP contribution in [0.2, 0.25) is 0 Å². The van der Waals surface area contributed by atoms with Crippen molar-refractivity contribution in [2.75, 3.05) is 23.8 Å². The molecule has 1 spiro atoms. The average Bonchev–Trinajstić information content (AvgIpc) is 3.04. The van der Waals surface area contributed by atoms with E-state index < -0.39 is 0 Å². The van der Waals surface area contributed by atoms with E-state index in [2.05, 4.69) is 12.6 Å². The fourth-order valence-corrected chi connectivity index (χ4v) is 4.50. The van der Waals surface area contributed by atoms with Crippen molar-refractivity contribution in [3.05, 3.63) is 65.2 Å². The number of benzene rings is 2. The number of carbonyl (C=O) groups is 2. The van der Waals surface area contributed by atoms with Crippen molar-refractivity contribution in [1.82, 2.24) is 0 Å². The Morgan fingerprint density at radius 1 is 1.11 bits per heavy atom. The smallest absolute Gasteiger partial charge is 0.338 e. The Balaban J connectivity index is 1.53. The summed E-state index contributed by atoms with van der Waals surface area (Å²) in [5.74, 6) is 0.610. The summed E-state index contributed by atoms with van der Waals surface area (Å²) in [5, 5.41) is 0. The molecule has 4 nitrogen and oxygen atoms in total. The lowest BCUT2D eigenvalue weighted by atomic mass is 9.70. The molecule has 1 aliphatic heterocycles. The molecule has 1 fully saturated rings. The summed E-state index contributed by atoms with van der Waals surface area (Å²) >= 11 is 4.14. The first-order chi connectivity index (χ1) is 13.6. The molecule has 0 bridgehead atoms. The third kappa shape index (κ3) is 3.55. The Hall–Kier alpha value is -2.27. The highest BCUT2D eigenvalue weighted by molar-refractivity contribution is 7.80. The van der Waals surface area contributed by atoms with Crippen LogP contribution < -0.4 is 4.90 Å². The normalized spacial score (nSPS) is 21.0. The maximum atomic E-state index is 13.3. The molecule has 2 aliphatic rings. The van der Waals surface area contributed by atoms with Crippen molar-refractivity contribution < 1.29 is 14.3 Å². The minimum atomic E-state index is -0.350. The molecule has 5 heteroatoms. The molecule has 1 amide bonds. The van der Waals surface area contributed by atoms with Gasteiger partial charge in [0.2, 0.25) is 5.91 Å². The zero-order valence-electron chi connectivity index (χ0n) is 15.9. The number of para-hydroxylation sites is 1. The second-order valence-corrected chi connectivity index (χ2v) is 8.14. The number of anilines is 1. The predicted molar refractivity (Wildman–Crippen MR) is 113 cm³/mol. The van der Waals surface area contributed by atoms with Gasteiger partial charge >= 0.3 is 5.97 Å². The molecule has 4 rings (SSSR count). The van der Waals surface area contributed by atoms with Gasteiger partial charge in [0.1, 0.15) is 0 Å². The molecule has 2 aromatic rings. The molecule has 1 aliphatic carbocycles. The lowest BCUT2D eigenvalue weighted by Gasteiger charge is -2.33. The van der Waals surface area contributed by atoms with Gasteiger partial charge in [-0.15, -0.1) is 0 Å². The van der Waals surface area contributed by atoms with Crippen LogP contribution in [0.1, 0.15) is 40.7 Å². The van der Waals surface area contributed by atoms with Gasteiger partial charge in [-0.2, -0.15) is 12.6 Å². The van der Waals surface area contributed by atoms with E-state index >= 15 is 0 Å². The van der Waals surface area contributed by atoms with Gasteiger partial charge in [0, 0.05) is 12.2 Å². The van der Waals surface area contributed by atoms with E-state index in [1.165, 1.54) is 5.56 Å². The molecule has 1 unspecified atom stereocenters. The molecule has 1 heterocycles. The van der Waals surface area contributed by atoms with Crippen LogP contribution >= 0.6 is 12.6 Å². The second-order valence-electron chi connectivity index (χ2n) is 7.70. The summed E-state index contributed by atoms with van der Waals surface area (Å²) in [4.78, 5) is 27.5. The average molecular weight is 396 g/mol. The van der Waals surface area contributed by atoms with Crippen LogP contribution in [0.25, 0.3) is 0 Å². The first-order valence-corrected chi connectivity index (χ1v) is 10.5. The lowest BCUT2D eigenvalue weighted by Crippen LogP contribution is -2.38. The van der Waals surface area contributed by atoms with Gasteiger partial charge in [0.25, 0.3) is 0 Å². The topological polar surface area (TPSA) is 46.6 Å². The summed E-state index contributed by atoms with van der Waals surface area (Å²) in [5.41, 5.74) is 3.54. The van der Waals surface area contributed by atoms with E-state index in [1.54, 1.807) is 0 Å². The van der Waals surface area contributed by atoms with E-state index in [0.717, 1.165) is 43.5 Å². The number of carbonyl (C=O) groups excluding carboxylic acids is 2. The first kappa shape index (κ1) is 19.1. The highest BCUT2D eigenvalue weighted by atomic mass is 32.1. The molecule has 0 radical (unpaired) electrons. The van der Waals surface area contributed by atoms with E-state index in [0.29, 0.717) is 24.3 Å². The maximum absolute atomic E-state index is 13.3. The predicted octanol–water partition coefficient (Wildman–Crippen LogP) is 4.08. The van der Waals surface area contributed by atoms with Crippen molar-refractivity contribution in [3.63, 3.8) is 0 Å². The van der Waals surface area contributed by atoms with Crippen LogP contribution in [0, 0.1) is 5.41 Å². The van der Waals surface area contributed by atoms with Crippen LogP contribution in [0.4, 0.5) is 5.69 Å². The van der Waals surface area contributed by atoms with Crippen LogP contribution in [0.3, 0.4) is 0 Å². The van der Waals surface area contributed by atoms with Gasteiger partial charge in [-0.3, -0.25) is 4.79 Å². The summed E-state index contributed by atoms with van der Waals surface area (Å²) < 4.78 is 5.31. The number of thiol groups is 1. The fraction of sp³-hybridized carbons (Fsp3) is 0.391. The van der Waals surface area contributed by atoms with Crippen LogP contribution in [-0.4, -0.2) is 30.8 Å². The fourth-order valence-electron chi connectivity index (χ4n) is 4.37. The third-order valence-corrected chi connectivity index (χ3v) is 6.28. The number of ether oxygens (including phenoxy) is 1. The third-order valence-electron chi connectivity index (χ3n) is 5.96. The summed E-state index contributed by atoms with van der Waals surface area (Å²) in [6, 6.07) is 15.7. The van der Waals surface area contributed by atoms with Crippen molar-refractivity contribution in [2.45, 2.75) is 32.1 Å². The van der Waals surface area contributed by atoms with Crippen LogP contribution in [0.5, 0.6) is 0 Å². The molecule has 1 saturated heterocycles. The van der Waals surface area contributed by atoms with E-state index in [9.17, 15) is 9.59 Å². The highest BCUT2D eigenvalue weighted by Gasteiger charge is 2.48. The van der Waals surface area contributed by atoms with Crippen molar-refractivity contribution in [2.24, 2.45) is 5.41 Å². The van der Waals surface area contributed by atoms with Gasteiger partial charge < -0.3 is 9.64 Å². The molecule has 1 atom stereocenters. The highest BCUT2D eigenvalue weighted by Crippen LogP contribution is 2.45. The van der Waals surface area contributed by atoms with Crippen molar-refractivity contribution in [1.29, 1.82) is 0 Å². The van der Waals surface area contributed by atoms with E-state index in [1.807, 2.05) is 53.4 Å². The van der Waals surface area contributed by atoms with Gasteiger partial charge in [0.05, 0.1) is 17.6 Å². The number of aryl methyl sites for hydroxylation is 1. The number of hydrogen-bond acceptors (Lipinski definition) is 4. The monoisotopic (exact) mass is 395 g/mol. The zero-order valence-corrected chi connectivity index (χ0v) is 16.8. The Bertz CT molecular complexity index is 883. The number of fused-ring (bicyclic) bond motifs is 1. The minimum Gasteiger partial charge on any atom is -0.462 e. The standard InChI is InChI=1S/C23H25NO3S/c25-21(27-13-4-14-28)18-8-7-17-9-10-23(16-19(17)15-18)11-12-24(22(23)26)20-5-2-1-3-6-20/h1-3,5-8,15,28H,4,9-14,16H2. The van der Waals surface area contributed by atoms with Crippen LogP contribution in [0.15, 0.2) is 48.5 Å². The number of rotatable bonds is 5. The number of nitrogens with zero attached hydrogens (tertiary/aromatic N) is 1. The van der Waals surface area contributed by atoms with Gasteiger partial charge in [0.15, 0.2) is 0 Å². The Morgan fingerprint density at radius 3 is 2.71 bits per heavy atom. The van der Waals surface area contributed by atoms with E-state index in [-0.39, 0.29) is 17.3 Å². The largest absolute Gasteiger partial charge is 0.462 e. The molecule has 28 heavy (non-hydrogen) atoms. The Kier molecular flexibility index (Phi) is 5.44. The van der Waals surface area contributed by atoms with Crippen molar-refractivity contribution in [3.8, 4) is 0 Å². The molecular formula is C23H25NO3S. The summed E-state index contributed by atoms with van der Waals surface area (Å²) in [7, 11) is 0. The maximum Gasteiger partial charge on any atom is 0.338 e. The van der Waals surface area contributed by atoms with Gasteiger partial charge in [-0.05, 0) is 73.2 Å². The number of hydrogen-bond donors (Lipinski definition) is 1. The lowest BCUT2D eigenvalue weighted by molar-refractivity contribution is -0.126. The Labute approximate surface area is 171 Å². The summed E-state index contributed by atoms with van der Waals surface area (Å²) in [6.07, 6.45) is 4.04. The van der Waals surface area contributed by atoms with Gasteiger partial charge in [-0.25, -0.2) is 4.79 Å². The number of esters is 1. The second kappa shape index (κ2) is 8.00. The molecule has 2 aromatic carbocycles. The molecular weight excluding hydrogens is 370 g/mol. The minimum absolute atomic E-state index is 0.214. The summed E-state index contributed by atoms with van der Waals surface area (Å²) in [6.45, 7) is 1.14. The SMILES string of the molecule is O=C(OCCCS)c1ccc2c(c1)CC1(CC2)CCN(c2ccccc2)C1=O. The quantitative estimate of drug-likeness (QED) is 0.472. The molecule has 0 N–H and O–H groups in total. The van der Waals surface area contributed by atoms with Gasteiger partial charge in [-0.1, -0.05) is 24.3 Å². The Morgan fingerprint density at radius 2 is 1.93 bits per heavy atom. The van der Waals surface area contributed by atoms with E-state index in [4.69, 9.17) is 4.74 Å². The molecule has 0 aromatic heterocycles. The molecule has 0 saturated carbocycles. The van der Waals surface area contributed by atoms with Crippen molar-refractivity contribution >= 4 is 30.2 Å². The zero-order chi connectivity index (χ0) is 19.6. The number of amides is 1. The molecule has 146 valence electrons. The first-order valence-electron chi connectivity index (χ1n) is 9.90.